The molecular formula is C21H21FN4O6S. The number of hydrogen-bond donors (Lipinski definition) is 0. The van der Waals surface area contributed by atoms with Gasteiger partial charge in [0.1, 0.15) is 18.1 Å². The van der Waals surface area contributed by atoms with Crippen molar-refractivity contribution in [2.45, 2.75) is 11.4 Å². The maximum Gasteiger partial charge on any atom is 0.437 e. The molecule has 0 atom stereocenters. The Morgan fingerprint density at radius 1 is 1.06 bits per heavy atom. The summed E-state index contributed by atoms with van der Waals surface area (Å²) in [6, 6.07) is 11.3. The number of halogens is 1. The molecule has 0 aliphatic carbocycles. The first-order valence-corrected chi connectivity index (χ1v) is 11.5. The Hall–Kier alpha value is -3.51. The number of hydrogen-bond acceptors (Lipinski definition) is 7. The zero-order chi connectivity index (χ0) is 23.6. The molecule has 33 heavy (non-hydrogen) atoms. The quantitative estimate of drug-likeness (QED) is 0.525. The van der Waals surface area contributed by atoms with Crippen LogP contribution in [0.2, 0.25) is 0 Å². The molecule has 1 fully saturated rings. The molecule has 0 saturated carbocycles. The summed E-state index contributed by atoms with van der Waals surface area (Å²) >= 11 is 0. The SMILES string of the molecule is COc1ccc(S(=O)(=O)N2CCN(C(=O)Cn3nc(-c4ccc(F)cc4)oc3=O)CC2)cc1. The van der Waals surface area contributed by atoms with E-state index in [9.17, 15) is 22.4 Å². The second kappa shape index (κ2) is 9.16. The first-order chi connectivity index (χ1) is 15.8. The Morgan fingerprint density at radius 3 is 2.30 bits per heavy atom. The van der Waals surface area contributed by atoms with Crippen LogP contribution in [0.1, 0.15) is 0 Å². The van der Waals surface area contributed by atoms with E-state index in [-0.39, 0.29) is 43.5 Å². The molecule has 0 radical (unpaired) electrons. The minimum Gasteiger partial charge on any atom is -0.497 e. The predicted molar refractivity (Wildman–Crippen MR) is 114 cm³/mol. The minimum absolute atomic E-state index is 0.0248. The van der Waals surface area contributed by atoms with E-state index in [1.54, 1.807) is 12.1 Å². The van der Waals surface area contributed by atoms with E-state index >= 15 is 0 Å². The van der Waals surface area contributed by atoms with Crippen LogP contribution in [0.3, 0.4) is 0 Å². The molecule has 0 unspecified atom stereocenters. The van der Waals surface area contributed by atoms with Crippen LogP contribution in [0.15, 0.2) is 62.6 Å². The van der Waals surface area contributed by atoms with Crippen molar-refractivity contribution in [2.75, 3.05) is 33.3 Å². The number of ether oxygens (including phenoxy) is 1. The molecule has 4 rings (SSSR count). The lowest BCUT2D eigenvalue weighted by Gasteiger charge is -2.33. The predicted octanol–water partition coefficient (Wildman–Crippen LogP) is 1.18. The summed E-state index contributed by atoms with van der Waals surface area (Å²) in [5, 5.41) is 4.00. The summed E-state index contributed by atoms with van der Waals surface area (Å²) in [6.45, 7) is 0.231. The maximum absolute atomic E-state index is 13.1. The van der Waals surface area contributed by atoms with Gasteiger partial charge < -0.3 is 14.1 Å². The molecule has 1 aromatic heterocycles. The van der Waals surface area contributed by atoms with E-state index < -0.39 is 27.5 Å². The first kappa shape index (κ1) is 22.7. The molecule has 2 aromatic carbocycles. The maximum atomic E-state index is 13.1. The highest BCUT2D eigenvalue weighted by Gasteiger charge is 2.30. The van der Waals surface area contributed by atoms with Gasteiger partial charge in [-0.1, -0.05) is 0 Å². The van der Waals surface area contributed by atoms with Crippen molar-refractivity contribution < 1.29 is 26.8 Å². The zero-order valence-corrected chi connectivity index (χ0v) is 18.5. The van der Waals surface area contributed by atoms with Crippen LogP contribution < -0.4 is 10.5 Å². The molecule has 1 saturated heterocycles. The highest BCUT2D eigenvalue weighted by atomic mass is 32.2. The smallest absolute Gasteiger partial charge is 0.437 e. The molecule has 0 N–H and O–H groups in total. The average Bonchev–Trinajstić information content (AvgIpc) is 3.19. The van der Waals surface area contributed by atoms with Gasteiger partial charge in [-0.15, -0.1) is 5.10 Å². The monoisotopic (exact) mass is 476 g/mol. The Bertz CT molecular complexity index is 1290. The van der Waals surface area contributed by atoms with Gasteiger partial charge in [0, 0.05) is 31.7 Å². The van der Waals surface area contributed by atoms with E-state index in [4.69, 9.17) is 9.15 Å². The summed E-state index contributed by atoms with van der Waals surface area (Å²) in [5.74, 6) is -1.12. The molecule has 1 aliphatic heterocycles. The van der Waals surface area contributed by atoms with Gasteiger partial charge in [-0.25, -0.2) is 17.6 Å². The number of nitrogens with zero attached hydrogens (tertiary/aromatic N) is 4. The summed E-state index contributed by atoms with van der Waals surface area (Å²) in [4.78, 5) is 26.4. The normalized spacial score (nSPS) is 14.9. The second-order valence-corrected chi connectivity index (χ2v) is 9.24. The Morgan fingerprint density at radius 2 is 1.70 bits per heavy atom. The summed E-state index contributed by atoms with van der Waals surface area (Å²) < 4.78 is 51.1. The summed E-state index contributed by atoms with van der Waals surface area (Å²) in [6.07, 6.45) is 0. The fourth-order valence-corrected chi connectivity index (χ4v) is 4.84. The van der Waals surface area contributed by atoms with Crippen molar-refractivity contribution in [3.8, 4) is 17.2 Å². The van der Waals surface area contributed by atoms with Crippen LogP contribution in [-0.2, 0) is 21.4 Å². The molecule has 1 aliphatic rings. The van der Waals surface area contributed by atoms with Crippen LogP contribution in [0.25, 0.3) is 11.5 Å². The fourth-order valence-electron chi connectivity index (χ4n) is 3.42. The van der Waals surface area contributed by atoms with Crippen molar-refractivity contribution in [3.63, 3.8) is 0 Å². The number of benzene rings is 2. The van der Waals surface area contributed by atoms with Crippen molar-refractivity contribution in [2.24, 2.45) is 0 Å². The van der Waals surface area contributed by atoms with E-state index in [1.165, 1.54) is 52.7 Å². The highest BCUT2D eigenvalue weighted by Crippen LogP contribution is 2.21. The Balaban J connectivity index is 1.38. The van der Waals surface area contributed by atoms with Crippen molar-refractivity contribution >= 4 is 15.9 Å². The Kier molecular flexibility index (Phi) is 6.29. The number of rotatable bonds is 6. The number of amides is 1. The second-order valence-electron chi connectivity index (χ2n) is 7.30. The number of methoxy groups -OCH3 is 1. The van der Waals surface area contributed by atoms with Gasteiger partial charge in [0.25, 0.3) is 0 Å². The zero-order valence-electron chi connectivity index (χ0n) is 17.7. The molecule has 10 nitrogen and oxygen atoms in total. The lowest BCUT2D eigenvalue weighted by atomic mass is 10.2. The van der Waals surface area contributed by atoms with Crippen molar-refractivity contribution in [3.05, 3.63) is 64.9 Å². The van der Waals surface area contributed by atoms with E-state index in [0.717, 1.165) is 4.68 Å². The molecule has 0 bridgehead atoms. The molecule has 174 valence electrons. The van der Waals surface area contributed by atoms with E-state index in [1.807, 2.05) is 0 Å². The van der Waals surface area contributed by atoms with Gasteiger partial charge in [-0.05, 0) is 48.5 Å². The largest absolute Gasteiger partial charge is 0.497 e. The molecular weight excluding hydrogens is 455 g/mol. The Labute approximate surface area is 188 Å². The fraction of sp³-hybridized carbons (Fsp3) is 0.286. The van der Waals surface area contributed by atoms with E-state index in [2.05, 4.69) is 5.10 Å². The molecule has 12 heteroatoms. The van der Waals surface area contributed by atoms with Crippen LogP contribution in [0.5, 0.6) is 5.75 Å². The third kappa shape index (κ3) is 4.81. The number of aromatic nitrogens is 2. The van der Waals surface area contributed by atoms with Gasteiger partial charge >= 0.3 is 5.76 Å². The third-order valence-electron chi connectivity index (χ3n) is 5.27. The van der Waals surface area contributed by atoms with Gasteiger partial charge in [-0.3, -0.25) is 4.79 Å². The van der Waals surface area contributed by atoms with Crippen molar-refractivity contribution in [1.82, 2.24) is 19.0 Å². The summed E-state index contributed by atoms with van der Waals surface area (Å²) in [5.41, 5.74) is 0.400. The van der Waals surface area contributed by atoms with Crippen LogP contribution in [0, 0.1) is 5.82 Å². The van der Waals surface area contributed by atoms with Crippen LogP contribution in [0.4, 0.5) is 4.39 Å². The van der Waals surface area contributed by atoms with Crippen LogP contribution in [-0.4, -0.2) is 66.6 Å². The number of carbonyl (C=O) groups excluding carboxylic acids is 1. The lowest BCUT2D eigenvalue weighted by molar-refractivity contribution is -0.133. The number of sulfonamides is 1. The molecule has 3 aromatic rings. The topological polar surface area (TPSA) is 115 Å². The number of carbonyl (C=O) groups is 1. The highest BCUT2D eigenvalue weighted by molar-refractivity contribution is 7.89. The van der Waals surface area contributed by atoms with Gasteiger partial charge in [-0.2, -0.15) is 8.99 Å². The molecule has 0 spiro atoms. The summed E-state index contributed by atoms with van der Waals surface area (Å²) in [7, 11) is -2.21. The standard InChI is InChI=1S/C21H21FN4O6S/c1-31-17-6-8-18(9-7-17)33(29,30)25-12-10-24(11-13-25)19(27)14-26-21(28)32-20(23-26)15-2-4-16(22)5-3-15/h2-9H,10-14H2,1H3. The van der Waals surface area contributed by atoms with Crippen molar-refractivity contribution in [1.29, 1.82) is 0 Å². The molecule has 1 amide bonds. The lowest BCUT2D eigenvalue weighted by Crippen LogP contribution is -2.51. The number of piperazine rings is 1. The average molecular weight is 476 g/mol. The van der Waals surface area contributed by atoms with Gasteiger partial charge in [0.05, 0.1) is 12.0 Å². The molecule has 2 heterocycles. The van der Waals surface area contributed by atoms with Crippen LogP contribution >= 0.6 is 0 Å². The van der Waals surface area contributed by atoms with Gasteiger partial charge in [0.15, 0.2) is 0 Å². The van der Waals surface area contributed by atoms with E-state index in [0.29, 0.717) is 11.3 Å². The first-order valence-electron chi connectivity index (χ1n) is 10.0. The third-order valence-corrected chi connectivity index (χ3v) is 7.18. The minimum atomic E-state index is -3.70. The van der Waals surface area contributed by atoms with Gasteiger partial charge in [0.2, 0.25) is 21.8 Å².